The zero-order valence-electron chi connectivity index (χ0n) is 10.1. The van der Waals surface area contributed by atoms with Crippen molar-refractivity contribution >= 4 is 20.5 Å². The van der Waals surface area contributed by atoms with Crippen molar-refractivity contribution in [3.63, 3.8) is 0 Å². The summed E-state index contributed by atoms with van der Waals surface area (Å²) in [4.78, 5) is 8.46. The van der Waals surface area contributed by atoms with Crippen molar-refractivity contribution in [1.29, 1.82) is 5.26 Å². The molecule has 0 rings (SSSR count). The second-order valence-electron chi connectivity index (χ2n) is 3.52. The predicted molar refractivity (Wildman–Crippen MR) is 65.7 cm³/mol. The van der Waals surface area contributed by atoms with Crippen molar-refractivity contribution in [1.82, 2.24) is 5.32 Å². The highest BCUT2D eigenvalue weighted by Gasteiger charge is 2.02. The highest BCUT2D eigenvalue weighted by Crippen LogP contribution is 2.33. The van der Waals surface area contributed by atoms with Gasteiger partial charge < -0.3 is 14.7 Å². The first-order valence-corrected chi connectivity index (χ1v) is 6.41. The van der Waals surface area contributed by atoms with Gasteiger partial charge in [0.15, 0.2) is 0 Å². The fraction of sp³-hybridized carbons (Fsp3) is 0.889. The Labute approximate surface area is 104 Å². The number of hydrogen-bond donors (Lipinski definition) is 2. The van der Waals surface area contributed by atoms with E-state index in [0.717, 1.165) is 0 Å². The molecule has 0 aliphatic carbocycles. The van der Waals surface area contributed by atoms with Gasteiger partial charge in [-0.3, -0.25) is 0 Å². The number of nitrogens with zero attached hydrogens (tertiary/aromatic N) is 1. The smallest absolute Gasteiger partial charge is 0.327 e. The van der Waals surface area contributed by atoms with Crippen molar-refractivity contribution in [2.75, 3.05) is 6.61 Å². The summed E-state index contributed by atoms with van der Waals surface area (Å²) in [5.41, 5.74) is 0. The van der Waals surface area contributed by atoms with E-state index in [1.807, 2.05) is 6.07 Å². The Bertz CT molecular complexity index is 182. The van der Waals surface area contributed by atoms with Crippen LogP contribution in [0.15, 0.2) is 0 Å². The second-order valence-corrected chi connectivity index (χ2v) is 4.81. The maximum atomic E-state index is 8.46. The average Bonchev–Trinajstić information content (AvgIpc) is 2.16. The minimum Gasteiger partial charge on any atom is -0.327 e. The molecule has 7 heteroatoms. The zero-order valence-corrected chi connectivity index (χ0v) is 11.8. The molecule has 1 unspecified atom stereocenters. The Morgan fingerprint density at radius 1 is 1.38 bits per heavy atom. The lowest BCUT2D eigenvalue weighted by Crippen LogP contribution is -2.29. The molecular weight excluding hydrogens is 251 g/mol. The molecule has 0 spiro atoms. The highest BCUT2D eigenvalue weighted by atomic mass is 35.5. The normalized spacial score (nSPS) is 11.9. The standard InChI is InChI=1S/C6H15N.C3H5ClNO3P/c1-5(2)7-6(3)4;4-8-9(6)7-3-1-2-5/h5-7H,1-4H3;6H,1,3H2. The van der Waals surface area contributed by atoms with Gasteiger partial charge in [0.25, 0.3) is 0 Å². The SMILES string of the molecule is CC(C)NC(C)C.N#CCCOP(O)OCl. The van der Waals surface area contributed by atoms with Crippen LogP contribution in [0.2, 0.25) is 0 Å². The number of halogens is 1. The number of rotatable bonds is 6. The Kier molecular flexibility index (Phi) is 15.1. The first-order chi connectivity index (χ1) is 7.43. The van der Waals surface area contributed by atoms with Crippen molar-refractivity contribution < 1.29 is 13.5 Å². The van der Waals surface area contributed by atoms with Crippen LogP contribution in [0.1, 0.15) is 34.1 Å². The second kappa shape index (κ2) is 13.1. The topological polar surface area (TPSA) is 74.5 Å². The van der Waals surface area contributed by atoms with E-state index in [1.165, 1.54) is 0 Å². The Morgan fingerprint density at radius 2 is 1.88 bits per heavy atom. The molecule has 96 valence electrons. The van der Waals surface area contributed by atoms with Crippen LogP contribution in [0.25, 0.3) is 0 Å². The summed E-state index contributed by atoms with van der Waals surface area (Å²) in [6, 6.07) is 3.07. The molecule has 0 saturated heterocycles. The van der Waals surface area contributed by atoms with Crippen molar-refractivity contribution in [3.8, 4) is 6.07 Å². The lowest BCUT2D eigenvalue weighted by atomic mass is 10.3. The van der Waals surface area contributed by atoms with Gasteiger partial charge in [0.05, 0.1) is 31.0 Å². The van der Waals surface area contributed by atoms with E-state index < -0.39 is 8.60 Å². The van der Waals surface area contributed by atoms with E-state index in [0.29, 0.717) is 12.1 Å². The first kappa shape index (κ1) is 18.4. The molecule has 0 fully saturated rings. The van der Waals surface area contributed by atoms with Gasteiger partial charge in [0, 0.05) is 12.1 Å². The van der Waals surface area contributed by atoms with E-state index in [2.05, 4.69) is 41.6 Å². The number of nitriles is 1. The summed E-state index contributed by atoms with van der Waals surface area (Å²) in [5, 5.41) is 11.3. The number of hydrogen-bond acceptors (Lipinski definition) is 5. The van der Waals surface area contributed by atoms with Gasteiger partial charge >= 0.3 is 8.60 Å². The molecule has 0 aliphatic heterocycles. The van der Waals surface area contributed by atoms with Crippen LogP contribution in [0, 0.1) is 11.3 Å². The van der Waals surface area contributed by atoms with Crippen LogP contribution in [0.5, 0.6) is 0 Å². The molecular formula is C9H20ClN2O3P. The third-order valence-electron chi connectivity index (χ3n) is 1.14. The van der Waals surface area contributed by atoms with Crippen LogP contribution in [-0.2, 0) is 8.60 Å². The van der Waals surface area contributed by atoms with Gasteiger partial charge in [0.2, 0.25) is 0 Å². The van der Waals surface area contributed by atoms with Crippen molar-refractivity contribution in [3.05, 3.63) is 0 Å². The summed E-state index contributed by atoms with van der Waals surface area (Å²) in [6.45, 7) is 8.76. The largest absolute Gasteiger partial charge is 0.347 e. The van der Waals surface area contributed by atoms with E-state index in [9.17, 15) is 0 Å². The summed E-state index contributed by atoms with van der Waals surface area (Å²) in [6.07, 6.45) is 0.222. The Hall–Kier alpha value is 0.0500. The van der Waals surface area contributed by atoms with Gasteiger partial charge in [-0.15, -0.1) is 0 Å². The fourth-order valence-electron chi connectivity index (χ4n) is 0.856. The van der Waals surface area contributed by atoms with Gasteiger partial charge in [0.1, 0.15) is 0 Å². The molecule has 2 N–H and O–H groups in total. The van der Waals surface area contributed by atoms with Crippen molar-refractivity contribution in [2.24, 2.45) is 0 Å². The van der Waals surface area contributed by atoms with E-state index in [-0.39, 0.29) is 13.0 Å². The van der Waals surface area contributed by atoms with Crippen molar-refractivity contribution in [2.45, 2.75) is 46.2 Å². The monoisotopic (exact) mass is 270 g/mol. The van der Waals surface area contributed by atoms with Crippen LogP contribution < -0.4 is 5.32 Å². The van der Waals surface area contributed by atoms with E-state index in [4.69, 9.17) is 22.0 Å². The summed E-state index contributed by atoms with van der Waals surface area (Å²) in [7, 11) is -1.98. The predicted octanol–water partition coefficient (Wildman–Crippen LogP) is 2.70. The summed E-state index contributed by atoms with van der Waals surface area (Å²) in [5.74, 6) is 0. The lowest BCUT2D eigenvalue weighted by molar-refractivity contribution is 0.272. The molecule has 0 aliphatic rings. The van der Waals surface area contributed by atoms with Gasteiger partial charge in [-0.05, 0) is 0 Å². The molecule has 0 heterocycles. The van der Waals surface area contributed by atoms with Crippen LogP contribution in [-0.4, -0.2) is 23.6 Å². The first-order valence-electron chi connectivity index (χ1n) is 4.97. The minimum absolute atomic E-state index is 0.144. The van der Waals surface area contributed by atoms with Crippen LogP contribution in [0.4, 0.5) is 0 Å². The molecule has 0 amide bonds. The fourth-order valence-corrected chi connectivity index (χ4v) is 1.26. The Morgan fingerprint density at radius 3 is 2.12 bits per heavy atom. The minimum atomic E-state index is -1.98. The van der Waals surface area contributed by atoms with Crippen LogP contribution >= 0.6 is 20.5 Å². The molecule has 0 aromatic rings. The van der Waals surface area contributed by atoms with Gasteiger partial charge in [-0.2, -0.15) is 9.34 Å². The van der Waals surface area contributed by atoms with E-state index in [1.54, 1.807) is 0 Å². The highest BCUT2D eigenvalue weighted by molar-refractivity contribution is 7.41. The summed E-state index contributed by atoms with van der Waals surface area (Å²) >= 11 is 4.70. The average molecular weight is 271 g/mol. The molecule has 0 aromatic heterocycles. The molecule has 1 atom stereocenters. The number of nitrogens with one attached hydrogen (secondary N) is 1. The molecule has 0 radical (unpaired) electrons. The quantitative estimate of drug-likeness (QED) is 0.573. The van der Waals surface area contributed by atoms with Gasteiger partial charge in [-0.1, -0.05) is 27.7 Å². The maximum absolute atomic E-state index is 8.46. The van der Waals surface area contributed by atoms with E-state index >= 15 is 0 Å². The third kappa shape index (κ3) is 19.6. The molecule has 0 saturated carbocycles. The Balaban J connectivity index is 0. The van der Waals surface area contributed by atoms with Gasteiger partial charge in [-0.25, -0.2) is 0 Å². The van der Waals surface area contributed by atoms with Crippen LogP contribution in [0.3, 0.4) is 0 Å². The molecule has 5 nitrogen and oxygen atoms in total. The molecule has 0 aromatic carbocycles. The lowest BCUT2D eigenvalue weighted by Gasteiger charge is -2.10. The zero-order chi connectivity index (χ0) is 13.0. The molecule has 16 heavy (non-hydrogen) atoms. The maximum Gasteiger partial charge on any atom is 0.347 e. The third-order valence-corrected chi connectivity index (χ3v) is 2.02. The summed E-state index contributed by atoms with van der Waals surface area (Å²) < 4.78 is 8.33. The molecule has 0 bridgehead atoms.